The summed E-state index contributed by atoms with van der Waals surface area (Å²) >= 11 is 1.77. The average molecular weight is 226 g/mol. The monoisotopic (exact) mass is 226 g/mol. The van der Waals surface area contributed by atoms with Gasteiger partial charge in [-0.05, 0) is 32.9 Å². The zero-order valence-corrected chi connectivity index (χ0v) is 10.3. The molecule has 0 bridgehead atoms. The van der Waals surface area contributed by atoms with Crippen molar-refractivity contribution in [1.29, 1.82) is 0 Å². The van der Waals surface area contributed by atoms with Gasteiger partial charge in [0.15, 0.2) is 0 Å². The van der Waals surface area contributed by atoms with Crippen LogP contribution in [-0.4, -0.2) is 11.4 Å². The molecule has 4 heteroatoms. The van der Waals surface area contributed by atoms with Crippen LogP contribution in [0.25, 0.3) is 0 Å². The van der Waals surface area contributed by atoms with Crippen LogP contribution in [0.2, 0.25) is 0 Å². The van der Waals surface area contributed by atoms with E-state index in [2.05, 4.69) is 24.4 Å². The molecule has 1 aromatic rings. The fourth-order valence-electron chi connectivity index (χ4n) is 1.40. The molecule has 0 unspecified atom stereocenters. The third-order valence-electron chi connectivity index (χ3n) is 2.15. The minimum atomic E-state index is -0.269. The quantitative estimate of drug-likeness (QED) is 0.804. The number of hydrogen-bond donors (Lipinski definition) is 2. The van der Waals surface area contributed by atoms with Crippen molar-refractivity contribution in [2.75, 3.05) is 0 Å². The molecule has 0 spiro atoms. The maximum Gasteiger partial charge on any atom is 0.219 e. The number of primary amides is 1. The topological polar surface area (TPSA) is 55.1 Å². The van der Waals surface area contributed by atoms with Gasteiger partial charge in [-0.3, -0.25) is 4.79 Å². The number of thiophene rings is 1. The van der Waals surface area contributed by atoms with Crippen LogP contribution in [0.3, 0.4) is 0 Å². The summed E-state index contributed by atoms with van der Waals surface area (Å²) in [6.45, 7) is 6.85. The highest BCUT2D eigenvalue weighted by atomic mass is 32.1. The Balaban J connectivity index is 2.45. The van der Waals surface area contributed by atoms with Gasteiger partial charge in [0.2, 0.25) is 5.91 Å². The molecule has 0 aliphatic heterocycles. The van der Waals surface area contributed by atoms with E-state index in [1.54, 1.807) is 11.3 Å². The van der Waals surface area contributed by atoms with E-state index in [0.717, 1.165) is 6.54 Å². The Morgan fingerprint density at radius 3 is 2.67 bits per heavy atom. The van der Waals surface area contributed by atoms with Gasteiger partial charge in [0.05, 0.1) is 0 Å². The molecule has 84 valence electrons. The highest BCUT2D eigenvalue weighted by Crippen LogP contribution is 2.16. The van der Waals surface area contributed by atoms with E-state index in [9.17, 15) is 4.79 Å². The number of carbonyl (C=O) groups is 1. The van der Waals surface area contributed by atoms with Gasteiger partial charge in [0, 0.05) is 28.3 Å². The molecule has 3 nitrogen and oxygen atoms in total. The first-order chi connectivity index (χ1) is 6.89. The molecule has 1 heterocycles. The predicted octanol–water partition coefficient (Wildman–Crippen LogP) is 1.80. The van der Waals surface area contributed by atoms with Crippen LogP contribution in [0.5, 0.6) is 0 Å². The van der Waals surface area contributed by atoms with Crippen molar-refractivity contribution in [1.82, 2.24) is 5.32 Å². The van der Waals surface area contributed by atoms with Gasteiger partial charge in [-0.2, -0.15) is 0 Å². The van der Waals surface area contributed by atoms with Crippen molar-refractivity contribution < 1.29 is 4.79 Å². The van der Waals surface area contributed by atoms with Crippen molar-refractivity contribution >= 4 is 17.2 Å². The van der Waals surface area contributed by atoms with Gasteiger partial charge < -0.3 is 11.1 Å². The summed E-state index contributed by atoms with van der Waals surface area (Å²) in [6, 6.07) is 4.20. The fourth-order valence-corrected chi connectivity index (χ4v) is 2.23. The Bertz CT molecular complexity index is 344. The summed E-state index contributed by atoms with van der Waals surface area (Å²) in [5.74, 6) is -0.269. The minimum Gasteiger partial charge on any atom is -0.370 e. The molecular weight excluding hydrogens is 208 g/mol. The van der Waals surface area contributed by atoms with Crippen LogP contribution >= 0.6 is 11.3 Å². The Morgan fingerprint density at radius 2 is 2.20 bits per heavy atom. The lowest BCUT2D eigenvalue weighted by Crippen LogP contribution is -2.42. The zero-order valence-electron chi connectivity index (χ0n) is 9.46. The van der Waals surface area contributed by atoms with E-state index < -0.39 is 0 Å². The number of nitrogens with two attached hydrogens (primary N) is 1. The largest absolute Gasteiger partial charge is 0.370 e. The minimum absolute atomic E-state index is 0.232. The fraction of sp³-hybridized carbons (Fsp3) is 0.545. The summed E-state index contributed by atoms with van der Waals surface area (Å²) in [5.41, 5.74) is 4.94. The van der Waals surface area contributed by atoms with Crippen LogP contribution in [-0.2, 0) is 11.3 Å². The highest BCUT2D eigenvalue weighted by molar-refractivity contribution is 7.11. The maximum atomic E-state index is 10.8. The first-order valence-electron chi connectivity index (χ1n) is 4.98. The van der Waals surface area contributed by atoms with Crippen LogP contribution in [0.4, 0.5) is 0 Å². The lowest BCUT2D eigenvalue weighted by Gasteiger charge is -2.24. The predicted molar refractivity (Wildman–Crippen MR) is 63.8 cm³/mol. The van der Waals surface area contributed by atoms with E-state index in [1.807, 2.05) is 13.8 Å². The van der Waals surface area contributed by atoms with Gasteiger partial charge >= 0.3 is 0 Å². The van der Waals surface area contributed by atoms with Crippen molar-refractivity contribution in [2.24, 2.45) is 5.73 Å². The van der Waals surface area contributed by atoms with Gasteiger partial charge in [-0.25, -0.2) is 0 Å². The molecule has 3 N–H and O–H groups in total. The van der Waals surface area contributed by atoms with Crippen molar-refractivity contribution in [2.45, 2.75) is 39.3 Å². The van der Waals surface area contributed by atoms with Crippen LogP contribution in [0.15, 0.2) is 12.1 Å². The first-order valence-corrected chi connectivity index (χ1v) is 5.79. The van der Waals surface area contributed by atoms with E-state index >= 15 is 0 Å². The van der Waals surface area contributed by atoms with Crippen molar-refractivity contribution in [3.05, 3.63) is 21.9 Å². The molecule has 0 aliphatic carbocycles. The molecular formula is C11H18N2OS. The van der Waals surface area contributed by atoms with E-state index in [-0.39, 0.29) is 11.4 Å². The normalized spacial score (nSPS) is 11.7. The molecule has 0 saturated carbocycles. The zero-order chi connectivity index (χ0) is 11.5. The molecule has 0 atom stereocenters. The summed E-state index contributed by atoms with van der Waals surface area (Å²) in [5, 5.41) is 3.33. The lowest BCUT2D eigenvalue weighted by atomic mass is 10.0. The first kappa shape index (κ1) is 12.2. The van der Waals surface area contributed by atoms with Crippen LogP contribution < -0.4 is 11.1 Å². The number of nitrogens with one attached hydrogen (secondary N) is 1. The van der Waals surface area contributed by atoms with Crippen molar-refractivity contribution in [3.63, 3.8) is 0 Å². The lowest BCUT2D eigenvalue weighted by molar-refractivity contribution is -0.119. The third-order valence-corrected chi connectivity index (χ3v) is 3.15. The van der Waals surface area contributed by atoms with E-state index in [0.29, 0.717) is 6.42 Å². The second kappa shape index (κ2) is 4.77. The number of amides is 1. The van der Waals surface area contributed by atoms with Gasteiger partial charge in [-0.1, -0.05) is 0 Å². The summed E-state index contributed by atoms with van der Waals surface area (Å²) in [4.78, 5) is 13.4. The van der Waals surface area contributed by atoms with Crippen molar-refractivity contribution in [3.8, 4) is 0 Å². The molecule has 1 rings (SSSR count). The Labute approximate surface area is 94.7 Å². The second-order valence-electron chi connectivity index (χ2n) is 4.39. The maximum absolute atomic E-state index is 10.8. The molecule has 1 amide bonds. The standard InChI is InChI=1S/C11H18N2OS/c1-8-4-5-9(15-8)7-13-11(2,3)6-10(12)14/h4-5,13H,6-7H2,1-3H3,(H2,12,14). The van der Waals surface area contributed by atoms with E-state index in [4.69, 9.17) is 5.73 Å². The molecule has 0 saturated heterocycles. The number of carbonyl (C=O) groups excluding carboxylic acids is 1. The molecule has 0 fully saturated rings. The Hall–Kier alpha value is -0.870. The molecule has 15 heavy (non-hydrogen) atoms. The smallest absolute Gasteiger partial charge is 0.219 e. The second-order valence-corrected chi connectivity index (χ2v) is 5.77. The summed E-state index contributed by atoms with van der Waals surface area (Å²) in [6.07, 6.45) is 0.358. The van der Waals surface area contributed by atoms with Crippen LogP contribution in [0.1, 0.15) is 30.0 Å². The van der Waals surface area contributed by atoms with Gasteiger partial charge in [0.25, 0.3) is 0 Å². The van der Waals surface area contributed by atoms with E-state index in [1.165, 1.54) is 9.75 Å². The van der Waals surface area contributed by atoms with Gasteiger partial charge in [0.1, 0.15) is 0 Å². The molecule has 1 aromatic heterocycles. The molecule has 0 radical (unpaired) electrons. The number of rotatable bonds is 5. The highest BCUT2D eigenvalue weighted by Gasteiger charge is 2.19. The molecule has 0 aromatic carbocycles. The Morgan fingerprint density at radius 1 is 1.53 bits per heavy atom. The summed E-state index contributed by atoms with van der Waals surface area (Å²) < 4.78 is 0. The van der Waals surface area contributed by atoms with Gasteiger partial charge in [-0.15, -0.1) is 11.3 Å². The molecule has 0 aliphatic rings. The Kier molecular flexibility index (Phi) is 3.88. The number of hydrogen-bond acceptors (Lipinski definition) is 3. The third kappa shape index (κ3) is 4.44. The average Bonchev–Trinajstić information content (AvgIpc) is 2.46. The summed E-state index contributed by atoms with van der Waals surface area (Å²) in [7, 11) is 0. The SMILES string of the molecule is Cc1ccc(CNC(C)(C)CC(N)=O)s1. The van der Waals surface area contributed by atoms with Crippen LogP contribution in [0, 0.1) is 6.92 Å². The number of aryl methyl sites for hydroxylation is 1.